The number of amides is 3. The van der Waals surface area contributed by atoms with Gasteiger partial charge in [0.2, 0.25) is 11.9 Å². The lowest BCUT2D eigenvalue weighted by molar-refractivity contribution is -0.153. The number of carbonyl (C=O) groups excluding carboxylic acids is 5. The Morgan fingerprint density at radius 3 is 1.84 bits per heavy atom. The van der Waals surface area contributed by atoms with E-state index in [9.17, 15) is 24.0 Å². The quantitative estimate of drug-likeness (QED) is 0.0662. The Labute approximate surface area is 346 Å². The Kier molecular flexibility index (Phi) is 15.7. The minimum Gasteiger partial charge on any atom is -0.459 e. The molecular weight excluding hydrogens is 764 g/mol. The molecule has 0 aromatic heterocycles. The summed E-state index contributed by atoms with van der Waals surface area (Å²) in [6.07, 6.45) is -0.637. The van der Waals surface area contributed by atoms with Crippen LogP contribution in [0.5, 0.6) is 5.75 Å². The van der Waals surface area contributed by atoms with Crippen LogP contribution in [-0.4, -0.2) is 59.3 Å². The minimum atomic E-state index is -0.944. The molecule has 0 spiro atoms. The first-order valence-corrected chi connectivity index (χ1v) is 19.3. The zero-order valence-electron chi connectivity index (χ0n) is 35.6. The average Bonchev–Trinajstić information content (AvgIpc) is 3.04. The summed E-state index contributed by atoms with van der Waals surface area (Å²) in [6.45, 7) is 21.6. The zero-order valence-corrected chi connectivity index (χ0v) is 36.4. The monoisotopic (exact) mass is 820 g/mol. The van der Waals surface area contributed by atoms with E-state index < -0.39 is 40.9 Å². The third kappa shape index (κ3) is 17.4. The van der Waals surface area contributed by atoms with Crippen molar-refractivity contribution in [2.45, 2.75) is 119 Å². The average molecular weight is 821 g/mol. The van der Waals surface area contributed by atoms with Crippen molar-refractivity contribution < 1.29 is 42.9 Å². The Balaban J connectivity index is 1.69. The molecule has 0 radical (unpaired) electrons. The highest BCUT2D eigenvalue weighted by atomic mass is 35.5. The van der Waals surface area contributed by atoms with Gasteiger partial charge in [0, 0.05) is 22.8 Å². The van der Waals surface area contributed by atoms with E-state index in [0.29, 0.717) is 16.9 Å². The van der Waals surface area contributed by atoms with E-state index in [-0.39, 0.29) is 53.0 Å². The standard InChI is InChI=1S/C44H57ClN4O9/c1-41(2,3)26-28-13-21-32(22-14-28)49(27-36(51)56-42(4,5)6)35(50)24-18-29-17-23-33(25-34(29)45)55-37(52)30-15-19-31(20-16-30)46-38(47-39(53)57-43(7,8)9)48-40(54)58-44(10,11)12/h13-17,19-23,25H,18,24,26-27H2,1-12H3,(H2,46,47,48,53,54). The first kappa shape index (κ1) is 46.9. The number of anilines is 2. The number of guanidine groups is 1. The SMILES string of the molecule is CC(C)(C)Cc1ccc(N(CC(=O)OC(C)(C)C)C(=O)CCc2ccc(OC(=O)c3ccc(N/C(=N\C(=O)OC(C)(C)C)NC(=O)OC(C)(C)C)cc3)cc2Cl)cc1. The van der Waals surface area contributed by atoms with E-state index in [1.807, 2.05) is 24.3 Å². The van der Waals surface area contributed by atoms with Crippen LogP contribution in [0.3, 0.4) is 0 Å². The van der Waals surface area contributed by atoms with Gasteiger partial charge in [0.15, 0.2) is 0 Å². The summed E-state index contributed by atoms with van der Waals surface area (Å²) in [6, 6.07) is 18.4. The molecule has 3 aromatic rings. The molecule has 0 saturated carbocycles. The largest absolute Gasteiger partial charge is 0.459 e. The van der Waals surface area contributed by atoms with Gasteiger partial charge >= 0.3 is 24.1 Å². The van der Waals surface area contributed by atoms with E-state index in [2.05, 4.69) is 36.4 Å². The molecule has 0 aliphatic rings. The maximum absolute atomic E-state index is 13.6. The molecule has 13 nitrogen and oxygen atoms in total. The highest BCUT2D eigenvalue weighted by molar-refractivity contribution is 6.31. The third-order valence-corrected chi connectivity index (χ3v) is 7.79. The first-order valence-electron chi connectivity index (χ1n) is 19.0. The van der Waals surface area contributed by atoms with Gasteiger partial charge in [0.25, 0.3) is 0 Å². The van der Waals surface area contributed by atoms with Gasteiger partial charge in [-0.05, 0) is 140 Å². The molecule has 0 heterocycles. The van der Waals surface area contributed by atoms with Crippen molar-refractivity contribution in [1.29, 1.82) is 0 Å². The van der Waals surface area contributed by atoms with Crippen molar-refractivity contribution in [2.24, 2.45) is 10.4 Å². The van der Waals surface area contributed by atoms with Crippen LogP contribution in [0.25, 0.3) is 0 Å². The number of benzene rings is 3. The maximum atomic E-state index is 13.6. The van der Waals surface area contributed by atoms with Crippen LogP contribution in [0.4, 0.5) is 21.0 Å². The molecule has 0 fully saturated rings. The number of hydrogen-bond donors (Lipinski definition) is 2. The van der Waals surface area contributed by atoms with E-state index >= 15 is 0 Å². The van der Waals surface area contributed by atoms with Gasteiger partial charge in [0.05, 0.1) is 5.56 Å². The van der Waals surface area contributed by atoms with Gasteiger partial charge in [-0.1, -0.05) is 50.6 Å². The molecule has 0 atom stereocenters. The molecule has 314 valence electrons. The second kappa shape index (κ2) is 19.3. The van der Waals surface area contributed by atoms with Gasteiger partial charge in [-0.15, -0.1) is 4.99 Å². The third-order valence-electron chi connectivity index (χ3n) is 7.43. The molecule has 0 saturated heterocycles. The molecule has 58 heavy (non-hydrogen) atoms. The van der Waals surface area contributed by atoms with Crippen molar-refractivity contribution in [2.75, 3.05) is 16.8 Å². The number of rotatable bonds is 10. The predicted octanol–water partition coefficient (Wildman–Crippen LogP) is 9.68. The lowest BCUT2D eigenvalue weighted by Gasteiger charge is -2.26. The number of aliphatic imine (C=N–C) groups is 1. The van der Waals surface area contributed by atoms with Gasteiger partial charge in [-0.3, -0.25) is 14.9 Å². The van der Waals surface area contributed by atoms with Crippen LogP contribution in [0.15, 0.2) is 71.7 Å². The second-order valence-electron chi connectivity index (χ2n) is 17.9. The number of esters is 2. The number of nitrogens with one attached hydrogen (secondary N) is 2. The zero-order chi connectivity index (χ0) is 43.6. The molecule has 3 amide bonds. The molecule has 0 bridgehead atoms. The van der Waals surface area contributed by atoms with Crippen molar-refractivity contribution in [1.82, 2.24) is 5.32 Å². The van der Waals surface area contributed by atoms with Gasteiger partial charge < -0.3 is 29.2 Å². The Morgan fingerprint density at radius 1 is 0.724 bits per heavy atom. The fraction of sp³-hybridized carbons (Fsp3) is 0.455. The molecule has 3 rings (SSSR count). The molecule has 0 aliphatic heterocycles. The van der Waals surface area contributed by atoms with Crippen molar-refractivity contribution in [3.05, 3.63) is 88.4 Å². The van der Waals surface area contributed by atoms with Gasteiger partial charge in [-0.2, -0.15) is 0 Å². The summed E-state index contributed by atoms with van der Waals surface area (Å²) in [5.74, 6) is -1.56. The normalized spacial score (nSPS) is 12.3. The van der Waals surface area contributed by atoms with Crippen LogP contribution < -0.4 is 20.3 Å². The lowest BCUT2D eigenvalue weighted by atomic mass is 9.88. The fourth-order valence-electron chi connectivity index (χ4n) is 5.26. The summed E-state index contributed by atoms with van der Waals surface area (Å²) in [5.41, 5.74) is 0.652. The van der Waals surface area contributed by atoms with Crippen LogP contribution in [-0.2, 0) is 36.6 Å². The predicted molar refractivity (Wildman–Crippen MR) is 226 cm³/mol. The highest BCUT2D eigenvalue weighted by Gasteiger charge is 2.25. The molecular formula is C44H57ClN4O9. The van der Waals surface area contributed by atoms with Gasteiger partial charge in [-0.25, -0.2) is 14.4 Å². The summed E-state index contributed by atoms with van der Waals surface area (Å²) >= 11 is 6.60. The first-order chi connectivity index (χ1) is 26.6. The Morgan fingerprint density at radius 2 is 1.31 bits per heavy atom. The highest BCUT2D eigenvalue weighted by Crippen LogP contribution is 2.27. The number of alkyl carbamates (subject to hydrolysis) is 1. The van der Waals surface area contributed by atoms with Crippen molar-refractivity contribution in [3.8, 4) is 5.75 Å². The van der Waals surface area contributed by atoms with E-state index in [0.717, 1.165) is 12.0 Å². The van der Waals surface area contributed by atoms with Crippen molar-refractivity contribution >= 4 is 59.0 Å². The number of aryl methyl sites for hydroxylation is 1. The van der Waals surface area contributed by atoms with Crippen molar-refractivity contribution in [3.63, 3.8) is 0 Å². The lowest BCUT2D eigenvalue weighted by Crippen LogP contribution is -2.40. The molecule has 0 aliphatic carbocycles. The number of ether oxygens (including phenoxy) is 4. The van der Waals surface area contributed by atoms with Crippen LogP contribution >= 0.6 is 11.6 Å². The molecule has 3 aromatic carbocycles. The van der Waals surface area contributed by atoms with Crippen LogP contribution in [0.2, 0.25) is 5.02 Å². The number of nitrogens with zero attached hydrogens (tertiary/aromatic N) is 2. The van der Waals surface area contributed by atoms with E-state index in [1.165, 1.54) is 35.2 Å². The molecule has 2 N–H and O–H groups in total. The van der Waals surface area contributed by atoms with E-state index in [4.69, 9.17) is 30.5 Å². The summed E-state index contributed by atoms with van der Waals surface area (Å²) in [4.78, 5) is 69.6. The van der Waals surface area contributed by atoms with Crippen LogP contribution in [0, 0.1) is 5.41 Å². The number of hydrogen-bond acceptors (Lipinski definition) is 9. The fourth-order valence-corrected chi connectivity index (χ4v) is 5.52. The minimum absolute atomic E-state index is 0.0449. The number of halogens is 1. The summed E-state index contributed by atoms with van der Waals surface area (Å²) < 4.78 is 21.6. The topological polar surface area (TPSA) is 162 Å². The molecule has 14 heteroatoms. The maximum Gasteiger partial charge on any atom is 0.437 e. The van der Waals surface area contributed by atoms with Crippen LogP contribution in [0.1, 0.15) is 111 Å². The summed E-state index contributed by atoms with van der Waals surface area (Å²) in [7, 11) is 0. The Hall–Kier alpha value is -5.43. The molecule has 0 unspecified atom stereocenters. The number of carbonyl (C=O) groups is 5. The Bertz CT molecular complexity index is 1970. The summed E-state index contributed by atoms with van der Waals surface area (Å²) in [5, 5.41) is 5.51. The second-order valence-corrected chi connectivity index (χ2v) is 18.3. The smallest absolute Gasteiger partial charge is 0.437 e. The van der Waals surface area contributed by atoms with E-state index in [1.54, 1.807) is 74.4 Å². The van der Waals surface area contributed by atoms with Gasteiger partial charge in [0.1, 0.15) is 29.1 Å².